The summed E-state index contributed by atoms with van der Waals surface area (Å²) in [6.45, 7) is 1.78. The van der Waals surface area contributed by atoms with E-state index >= 15 is 0 Å². The maximum Gasteiger partial charge on any atom is 0.239 e. The smallest absolute Gasteiger partial charge is 0.239 e. The fourth-order valence-corrected chi connectivity index (χ4v) is 3.28. The van der Waals surface area contributed by atoms with Gasteiger partial charge in [0.1, 0.15) is 5.82 Å². The molecule has 6 heteroatoms. The van der Waals surface area contributed by atoms with Crippen molar-refractivity contribution >= 4 is 11.8 Å². The maximum atomic E-state index is 13.7. The molecule has 1 aliphatic rings. The highest BCUT2D eigenvalue weighted by atomic mass is 19.1. The van der Waals surface area contributed by atoms with Gasteiger partial charge in [-0.05, 0) is 23.6 Å². The Kier molecular flexibility index (Phi) is 6.19. The van der Waals surface area contributed by atoms with Crippen LogP contribution < -0.4 is 5.73 Å². The molecule has 0 spiro atoms. The van der Waals surface area contributed by atoms with Crippen molar-refractivity contribution in [1.82, 2.24) is 9.80 Å². The third-order valence-corrected chi connectivity index (χ3v) is 4.86. The molecule has 2 amide bonds. The molecule has 142 valence electrons. The standard InChI is InChI=1S/C21H24FN3O2/c22-18-9-5-4-8-17(18)15-20(26)24-10-12-25(13-11-24)21(27)19(23)14-16-6-2-1-3-7-16/h1-9,19H,10-15,23H2/t19-/m0/s1. The second-order valence-electron chi connectivity index (χ2n) is 6.77. The van der Waals surface area contributed by atoms with Gasteiger partial charge in [-0.15, -0.1) is 0 Å². The van der Waals surface area contributed by atoms with Gasteiger partial charge in [-0.25, -0.2) is 4.39 Å². The van der Waals surface area contributed by atoms with E-state index in [-0.39, 0.29) is 24.1 Å². The second kappa shape index (κ2) is 8.77. The first-order valence-corrected chi connectivity index (χ1v) is 9.14. The van der Waals surface area contributed by atoms with Gasteiger partial charge in [0.2, 0.25) is 11.8 Å². The summed E-state index contributed by atoms with van der Waals surface area (Å²) < 4.78 is 13.7. The fourth-order valence-electron chi connectivity index (χ4n) is 3.28. The molecule has 1 saturated heterocycles. The highest BCUT2D eigenvalue weighted by molar-refractivity contribution is 5.83. The van der Waals surface area contributed by atoms with Crippen LogP contribution in [-0.2, 0) is 22.4 Å². The molecule has 0 saturated carbocycles. The Morgan fingerprint density at radius 1 is 0.926 bits per heavy atom. The van der Waals surface area contributed by atoms with Crippen molar-refractivity contribution in [3.63, 3.8) is 0 Å². The van der Waals surface area contributed by atoms with Gasteiger partial charge in [0.25, 0.3) is 0 Å². The van der Waals surface area contributed by atoms with Crippen LogP contribution in [0.5, 0.6) is 0 Å². The number of carbonyl (C=O) groups is 2. The summed E-state index contributed by atoms with van der Waals surface area (Å²) in [7, 11) is 0. The number of amides is 2. The van der Waals surface area contributed by atoms with E-state index in [2.05, 4.69) is 0 Å². The number of nitrogens with two attached hydrogens (primary N) is 1. The van der Waals surface area contributed by atoms with Crippen molar-refractivity contribution in [2.24, 2.45) is 5.73 Å². The minimum absolute atomic E-state index is 0.0359. The summed E-state index contributed by atoms with van der Waals surface area (Å²) in [6, 6.07) is 15.4. The molecule has 0 bridgehead atoms. The van der Waals surface area contributed by atoms with Gasteiger partial charge in [-0.2, -0.15) is 0 Å². The van der Waals surface area contributed by atoms with E-state index in [1.54, 1.807) is 28.0 Å². The lowest BCUT2D eigenvalue weighted by Crippen LogP contribution is -2.55. The van der Waals surface area contributed by atoms with E-state index in [9.17, 15) is 14.0 Å². The molecule has 2 aromatic carbocycles. The number of hydrogen-bond donors (Lipinski definition) is 1. The Morgan fingerprint density at radius 2 is 1.52 bits per heavy atom. The molecule has 1 heterocycles. The zero-order valence-electron chi connectivity index (χ0n) is 15.2. The topological polar surface area (TPSA) is 66.6 Å². The Bertz CT molecular complexity index is 789. The van der Waals surface area contributed by atoms with Crippen LogP contribution >= 0.6 is 0 Å². The number of benzene rings is 2. The number of rotatable bonds is 5. The molecule has 2 N–H and O–H groups in total. The lowest BCUT2D eigenvalue weighted by Gasteiger charge is -2.36. The SMILES string of the molecule is N[C@@H](Cc1ccccc1)C(=O)N1CCN(C(=O)Cc2ccccc2F)CC1. The Labute approximate surface area is 158 Å². The van der Waals surface area contributed by atoms with Gasteiger partial charge in [0.05, 0.1) is 12.5 Å². The lowest BCUT2D eigenvalue weighted by atomic mass is 10.1. The average molecular weight is 369 g/mol. The van der Waals surface area contributed by atoms with Crippen LogP contribution in [0.3, 0.4) is 0 Å². The van der Waals surface area contributed by atoms with E-state index in [1.165, 1.54) is 6.07 Å². The molecule has 1 atom stereocenters. The normalized spacial score (nSPS) is 15.5. The van der Waals surface area contributed by atoms with Gasteiger partial charge in [0, 0.05) is 26.2 Å². The number of hydrogen-bond acceptors (Lipinski definition) is 3. The highest BCUT2D eigenvalue weighted by Crippen LogP contribution is 2.12. The van der Waals surface area contributed by atoms with Crippen LogP contribution in [0.15, 0.2) is 54.6 Å². The number of nitrogens with zero attached hydrogens (tertiary/aromatic N) is 2. The van der Waals surface area contributed by atoms with Crippen LogP contribution in [-0.4, -0.2) is 53.8 Å². The van der Waals surface area contributed by atoms with E-state index in [0.29, 0.717) is 38.2 Å². The van der Waals surface area contributed by atoms with Gasteiger partial charge in [-0.1, -0.05) is 48.5 Å². The molecule has 2 aromatic rings. The third kappa shape index (κ3) is 4.92. The minimum atomic E-state index is -0.590. The van der Waals surface area contributed by atoms with Crippen LogP contribution in [0.2, 0.25) is 0 Å². The van der Waals surface area contributed by atoms with Crippen molar-refractivity contribution < 1.29 is 14.0 Å². The molecule has 0 radical (unpaired) electrons. The zero-order valence-corrected chi connectivity index (χ0v) is 15.2. The van der Waals surface area contributed by atoms with Gasteiger partial charge >= 0.3 is 0 Å². The number of halogens is 1. The van der Waals surface area contributed by atoms with Gasteiger partial charge < -0.3 is 15.5 Å². The lowest BCUT2D eigenvalue weighted by molar-refractivity contribution is -0.140. The quantitative estimate of drug-likeness (QED) is 0.871. The first-order valence-electron chi connectivity index (χ1n) is 9.14. The van der Waals surface area contributed by atoms with Crippen LogP contribution in [0.25, 0.3) is 0 Å². The van der Waals surface area contributed by atoms with E-state index in [0.717, 1.165) is 5.56 Å². The third-order valence-electron chi connectivity index (χ3n) is 4.86. The van der Waals surface area contributed by atoms with Gasteiger partial charge in [0.15, 0.2) is 0 Å². The highest BCUT2D eigenvalue weighted by Gasteiger charge is 2.27. The summed E-state index contributed by atoms with van der Waals surface area (Å²) >= 11 is 0. The summed E-state index contributed by atoms with van der Waals surface area (Å²) in [4.78, 5) is 28.4. The Hall–Kier alpha value is -2.73. The number of piperazine rings is 1. The molecule has 5 nitrogen and oxygen atoms in total. The van der Waals surface area contributed by atoms with Crippen molar-refractivity contribution in [1.29, 1.82) is 0 Å². The van der Waals surface area contributed by atoms with E-state index < -0.39 is 6.04 Å². The van der Waals surface area contributed by atoms with Crippen molar-refractivity contribution in [3.05, 3.63) is 71.5 Å². The van der Waals surface area contributed by atoms with E-state index in [1.807, 2.05) is 30.3 Å². The molecular formula is C21H24FN3O2. The predicted molar refractivity (Wildman–Crippen MR) is 101 cm³/mol. The molecule has 27 heavy (non-hydrogen) atoms. The summed E-state index contributed by atoms with van der Waals surface area (Å²) in [5.74, 6) is -0.590. The minimum Gasteiger partial charge on any atom is -0.339 e. The Morgan fingerprint density at radius 3 is 2.19 bits per heavy atom. The summed E-state index contributed by atoms with van der Waals surface area (Å²) in [5.41, 5.74) is 7.50. The van der Waals surface area contributed by atoms with E-state index in [4.69, 9.17) is 5.73 Å². The first kappa shape index (κ1) is 19.0. The Balaban J connectivity index is 1.50. The fraction of sp³-hybridized carbons (Fsp3) is 0.333. The summed E-state index contributed by atoms with van der Waals surface area (Å²) in [6.07, 6.45) is 0.528. The molecule has 3 rings (SSSR count). The van der Waals surface area contributed by atoms with Crippen LogP contribution in [0.1, 0.15) is 11.1 Å². The largest absolute Gasteiger partial charge is 0.339 e. The van der Waals surface area contributed by atoms with Crippen molar-refractivity contribution in [3.8, 4) is 0 Å². The van der Waals surface area contributed by atoms with Gasteiger partial charge in [-0.3, -0.25) is 9.59 Å². The second-order valence-corrected chi connectivity index (χ2v) is 6.77. The monoisotopic (exact) mass is 369 g/mol. The summed E-state index contributed by atoms with van der Waals surface area (Å²) in [5, 5.41) is 0. The maximum absolute atomic E-state index is 13.7. The molecule has 0 unspecified atom stereocenters. The average Bonchev–Trinajstić information content (AvgIpc) is 2.70. The predicted octanol–water partition coefficient (Wildman–Crippen LogP) is 1.61. The first-order chi connectivity index (χ1) is 13.0. The zero-order chi connectivity index (χ0) is 19.2. The molecule has 1 fully saturated rings. The van der Waals surface area contributed by atoms with Crippen molar-refractivity contribution in [2.75, 3.05) is 26.2 Å². The molecule has 0 aromatic heterocycles. The van der Waals surface area contributed by atoms with Crippen LogP contribution in [0, 0.1) is 5.82 Å². The number of carbonyl (C=O) groups excluding carboxylic acids is 2. The van der Waals surface area contributed by atoms with Crippen LogP contribution in [0.4, 0.5) is 4.39 Å². The molecule has 0 aliphatic carbocycles. The molecular weight excluding hydrogens is 345 g/mol. The van der Waals surface area contributed by atoms with Crippen molar-refractivity contribution in [2.45, 2.75) is 18.9 Å². The molecule has 1 aliphatic heterocycles.